The van der Waals surface area contributed by atoms with Crippen LogP contribution in [0.3, 0.4) is 0 Å². The number of hydrogen-bond donors (Lipinski definition) is 1. The predicted molar refractivity (Wildman–Crippen MR) is 123 cm³/mol. The van der Waals surface area contributed by atoms with Gasteiger partial charge in [0, 0.05) is 26.2 Å². The molecule has 1 N–H and O–H groups in total. The number of carbonyl (C=O) groups excluding carboxylic acids is 2. The molecule has 0 radical (unpaired) electrons. The molecule has 0 atom stereocenters. The van der Waals surface area contributed by atoms with Crippen LogP contribution in [0.2, 0.25) is 0 Å². The zero-order chi connectivity index (χ0) is 22.6. The molecule has 1 saturated heterocycles. The average Bonchev–Trinajstić information content (AvgIpc) is 3.08. The van der Waals surface area contributed by atoms with E-state index in [2.05, 4.69) is 27.1 Å². The van der Waals surface area contributed by atoms with Crippen molar-refractivity contribution in [3.63, 3.8) is 0 Å². The maximum atomic E-state index is 12.6. The Morgan fingerprint density at radius 1 is 1.19 bits per heavy atom. The van der Waals surface area contributed by atoms with Crippen molar-refractivity contribution in [2.45, 2.75) is 53.1 Å². The number of aromatic nitrogens is 2. The van der Waals surface area contributed by atoms with Gasteiger partial charge in [0.15, 0.2) is 0 Å². The van der Waals surface area contributed by atoms with E-state index in [4.69, 9.17) is 4.74 Å². The number of anilines is 2. The first kappa shape index (κ1) is 23.0. The summed E-state index contributed by atoms with van der Waals surface area (Å²) in [7, 11) is 0. The summed E-state index contributed by atoms with van der Waals surface area (Å²) in [6, 6.07) is 3.74. The van der Waals surface area contributed by atoms with Crippen LogP contribution in [0.4, 0.5) is 16.3 Å². The molecule has 9 heteroatoms. The Kier molecular flexibility index (Phi) is 7.15. The summed E-state index contributed by atoms with van der Waals surface area (Å²) in [5.41, 5.74) is 1.22. The number of nitrogens with one attached hydrogen (secondary N) is 1. The van der Waals surface area contributed by atoms with E-state index < -0.39 is 5.60 Å². The number of thiazole rings is 1. The van der Waals surface area contributed by atoms with Gasteiger partial charge in [-0.3, -0.25) is 4.79 Å². The van der Waals surface area contributed by atoms with Gasteiger partial charge in [-0.25, -0.2) is 14.8 Å². The summed E-state index contributed by atoms with van der Waals surface area (Å²) < 4.78 is 5.44. The molecule has 2 aromatic rings. The van der Waals surface area contributed by atoms with Crippen LogP contribution < -0.4 is 10.2 Å². The number of piperazine rings is 1. The van der Waals surface area contributed by atoms with E-state index in [0.717, 1.165) is 29.2 Å². The van der Waals surface area contributed by atoms with Crippen molar-refractivity contribution in [2.75, 3.05) is 36.4 Å². The fourth-order valence-electron chi connectivity index (χ4n) is 3.28. The van der Waals surface area contributed by atoms with E-state index in [9.17, 15) is 9.59 Å². The van der Waals surface area contributed by atoms with Gasteiger partial charge in [0.05, 0.1) is 22.6 Å². The van der Waals surface area contributed by atoms with Gasteiger partial charge >= 0.3 is 6.09 Å². The molecule has 1 aliphatic rings. The van der Waals surface area contributed by atoms with Gasteiger partial charge in [-0.2, -0.15) is 0 Å². The zero-order valence-electron chi connectivity index (χ0n) is 18.9. The van der Waals surface area contributed by atoms with Crippen LogP contribution in [-0.2, 0) is 11.2 Å². The minimum atomic E-state index is -0.492. The second-order valence-corrected chi connectivity index (χ2v) is 9.67. The number of hydrogen-bond acceptors (Lipinski definition) is 7. The number of ether oxygens (including phenoxy) is 1. The molecule has 1 fully saturated rings. The van der Waals surface area contributed by atoms with Gasteiger partial charge in [0.2, 0.25) is 0 Å². The first-order valence-corrected chi connectivity index (χ1v) is 11.4. The van der Waals surface area contributed by atoms with Crippen molar-refractivity contribution in [1.29, 1.82) is 0 Å². The molecule has 2 amide bonds. The van der Waals surface area contributed by atoms with Crippen molar-refractivity contribution < 1.29 is 14.3 Å². The highest BCUT2D eigenvalue weighted by Gasteiger charge is 2.26. The lowest BCUT2D eigenvalue weighted by Crippen LogP contribution is -2.50. The van der Waals surface area contributed by atoms with Gasteiger partial charge in [-0.05, 0) is 52.7 Å². The van der Waals surface area contributed by atoms with E-state index in [1.165, 1.54) is 11.3 Å². The second kappa shape index (κ2) is 9.64. The molecule has 0 saturated carbocycles. The topological polar surface area (TPSA) is 87.7 Å². The Hall–Kier alpha value is -2.68. The van der Waals surface area contributed by atoms with Crippen molar-refractivity contribution >= 4 is 34.8 Å². The quantitative estimate of drug-likeness (QED) is 0.745. The minimum Gasteiger partial charge on any atom is -0.444 e. The van der Waals surface area contributed by atoms with Crippen molar-refractivity contribution in [1.82, 2.24) is 14.9 Å². The Morgan fingerprint density at radius 2 is 1.90 bits per heavy atom. The molecule has 0 spiro atoms. The number of pyridine rings is 1. The Morgan fingerprint density at radius 3 is 2.48 bits per heavy atom. The fraction of sp³-hybridized carbons (Fsp3) is 0.545. The maximum absolute atomic E-state index is 12.6. The van der Waals surface area contributed by atoms with Gasteiger partial charge in [-0.15, -0.1) is 11.3 Å². The summed E-state index contributed by atoms with van der Waals surface area (Å²) >= 11 is 1.44. The number of carbonyl (C=O) groups is 2. The van der Waals surface area contributed by atoms with E-state index in [1.807, 2.05) is 33.8 Å². The van der Waals surface area contributed by atoms with Gasteiger partial charge < -0.3 is 19.9 Å². The van der Waals surface area contributed by atoms with Gasteiger partial charge in [-0.1, -0.05) is 6.92 Å². The lowest BCUT2D eigenvalue weighted by Gasteiger charge is -2.36. The Bertz CT molecular complexity index is 912. The summed E-state index contributed by atoms with van der Waals surface area (Å²) in [6.07, 6.45) is 3.36. The number of nitrogens with zero attached hydrogens (tertiary/aromatic N) is 4. The maximum Gasteiger partial charge on any atom is 0.410 e. The van der Waals surface area contributed by atoms with Crippen molar-refractivity contribution in [2.24, 2.45) is 0 Å². The number of rotatable bonds is 5. The fourth-order valence-corrected chi connectivity index (χ4v) is 4.34. The first-order valence-electron chi connectivity index (χ1n) is 10.6. The lowest BCUT2D eigenvalue weighted by molar-refractivity contribution is 0.0240. The first-order chi connectivity index (χ1) is 14.7. The smallest absolute Gasteiger partial charge is 0.410 e. The number of amides is 2. The molecule has 3 rings (SSSR count). The number of aryl methyl sites for hydroxylation is 2. The monoisotopic (exact) mass is 445 g/mol. The molecule has 2 aromatic heterocycles. The van der Waals surface area contributed by atoms with E-state index in [1.54, 1.807) is 17.2 Å². The van der Waals surface area contributed by atoms with Gasteiger partial charge in [0.25, 0.3) is 5.91 Å². The van der Waals surface area contributed by atoms with Gasteiger partial charge in [0.1, 0.15) is 16.3 Å². The third-order valence-electron chi connectivity index (χ3n) is 4.80. The summed E-state index contributed by atoms with van der Waals surface area (Å²) in [4.78, 5) is 38.2. The summed E-state index contributed by atoms with van der Waals surface area (Å²) in [5.74, 6) is 0.328. The normalized spacial score (nSPS) is 14.5. The SMILES string of the molecule is CCCc1nc(C)c(C(=O)Nc2ccc(N3CCN(C(=O)OC(C)(C)C)CC3)cn2)s1. The molecule has 31 heavy (non-hydrogen) atoms. The molecule has 0 aromatic carbocycles. The molecule has 3 heterocycles. The molecular weight excluding hydrogens is 414 g/mol. The minimum absolute atomic E-state index is 0.177. The zero-order valence-corrected chi connectivity index (χ0v) is 19.7. The predicted octanol–water partition coefficient (Wildman–Crippen LogP) is 4.11. The summed E-state index contributed by atoms with van der Waals surface area (Å²) in [5, 5.41) is 3.85. The third kappa shape index (κ3) is 6.16. The third-order valence-corrected chi connectivity index (χ3v) is 6.01. The highest BCUT2D eigenvalue weighted by Crippen LogP contribution is 2.22. The van der Waals surface area contributed by atoms with E-state index in [0.29, 0.717) is 36.9 Å². The Balaban J connectivity index is 1.55. The lowest BCUT2D eigenvalue weighted by atomic mass is 10.2. The molecular formula is C22H31N5O3S. The molecule has 8 nitrogen and oxygen atoms in total. The molecule has 0 unspecified atom stereocenters. The van der Waals surface area contributed by atoms with Crippen molar-refractivity contribution in [3.05, 3.63) is 33.9 Å². The highest BCUT2D eigenvalue weighted by molar-refractivity contribution is 7.13. The van der Waals surface area contributed by atoms with Crippen molar-refractivity contribution in [3.8, 4) is 0 Å². The standard InChI is InChI=1S/C22H31N5O3S/c1-6-7-18-24-15(2)19(31-18)20(28)25-17-9-8-16(14-23-17)26-10-12-27(13-11-26)21(29)30-22(3,4)5/h8-9,14H,6-7,10-13H2,1-5H3,(H,23,25,28). The largest absolute Gasteiger partial charge is 0.444 e. The molecule has 1 aliphatic heterocycles. The van der Waals surface area contributed by atoms with E-state index >= 15 is 0 Å². The van der Waals surface area contributed by atoms with Crippen LogP contribution in [0, 0.1) is 6.92 Å². The molecule has 168 valence electrons. The second-order valence-electron chi connectivity index (χ2n) is 8.58. The Labute approximate surface area is 187 Å². The molecule has 0 bridgehead atoms. The average molecular weight is 446 g/mol. The van der Waals surface area contributed by atoms with Crippen LogP contribution in [0.5, 0.6) is 0 Å². The molecule has 0 aliphatic carbocycles. The van der Waals surface area contributed by atoms with Crippen LogP contribution in [0.25, 0.3) is 0 Å². The van der Waals surface area contributed by atoms with Crippen LogP contribution in [0.15, 0.2) is 18.3 Å². The van der Waals surface area contributed by atoms with E-state index in [-0.39, 0.29) is 12.0 Å². The van der Waals surface area contributed by atoms with Crippen LogP contribution in [0.1, 0.15) is 54.5 Å². The highest BCUT2D eigenvalue weighted by atomic mass is 32.1. The van der Waals surface area contributed by atoms with Crippen LogP contribution >= 0.6 is 11.3 Å². The summed E-state index contributed by atoms with van der Waals surface area (Å²) in [6.45, 7) is 12.2. The van der Waals surface area contributed by atoms with Crippen LogP contribution in [-0.4, -0.2) is 58.6 Å².